The Labute approximate surface area is 202 Å². The van der Waals surface area contributed by atoms with Crippen LogP contribution in [0.2, 0.25) is 0 Å². The molecule has 176 valence electrons. The SMILES string of the molecule is C=C/C=C(\C=C/C)C(CC(C)/C(CCC)=C(\c1ccc(CC)cc1)c1ccccc1N)NC. The number of hydrogen-bond donors (Lipinski definition) is 2. The van der Waals surface area contributed by atoms with Crippen molar-refractivity contribution >= 4 is 11.3 Å². The third-order valence-corrected chi connectivity index (χ3v) is 6.33. The van der Waals surface area contributed by atoms with Crippen molar-refractivity contribution < 1.29 is 0 Å². The van der Waals surface area contributed by atoms with Crippen molar-refractivity contribution in [1.82, 2.24) is 5.32 Å². The highest BCUT2D eigenvalue weighted by molar-refractivity contribution is 5.87. The van der Waals surface area contributed by atoms with Gasteiger partial charge in [0, 0.05) is 17.3 Å². The number of anilines is 1. The number of para-hydroxylation sites is 1. The summed E-state index contributed by atoms with van der Waals surface area (Å²) < 4.78 is 0. The molecule has 2 aromatic carbocycles. The maximum atomic E-state index is 6.53. The first kappa shape index (κ1) is 26.4. The van der Waals surface area contributed by atoms with Gasteiger partial charge < -0.3 is 11.1 Å². The van der Waals surface area contributed by atoms with Crippen molar-refractivity contribution in [3.63, 3.8) is 0 Å². The zero-order valence-corrected chi connectivity index (χ0v) is 21.2. The molecule has 33 heavy (non-hydrogen) atoms. The molecule has 0 aliphatic rings. The summed E-state index contributed by atoms with van der Waals surface area (Å²) in [6, 6.07) is 17.6. The molecule has 0 radical (unpaired) electrons. The van der Waals surface area contributed by atoms with Gasteiger partial charge in [0.1, 0.15) is 0 Å². The number of rotatable bonds is 12. The number of benzene rings is 2. The van der Waals surface area contributed by atoms with Gasteiger partial charge in [0.2, 0.25) is 0 Å². The lowest BCUT2D eigenvalue weighted by molar-refractivity contribution is 0.495. The Kier molecular flexibility index (Phi) is 10.9. The van der Waals surface area contributed by atoms with E-state index in [1.165, 1.54) is 27.8 Å². The standard InChI is InChI=1S/C31H42N2/c1-7-13-25(14-8-2)30(33-6)22-23(5)27(15-9-3)31(28-16-11-12-17-29(28)32)26-20-18-24(10-4)19-21-26/h7-8,11-14,16-21,23,30,33H,1,9-10,15,22,32H2,2-6H3/b14-8-,25-13+,31-27+. The van der Waals surface area contributed by atoms with Gasteiger partial charge in [-0.3, -0.25) is 0 Å². The summed E-state index contributed by atoms with van der Waals surface area (Å²) in [6.45, 7) is 12.8. The molecule has 2 nitrogen and oxygen atoms in total. The van der Waals surface area contributed by atoms with Gasteiger partial charge in [0.05, 0.1) is 0 Å². The number of nitrogen functional groups attached to an aromatic ring is 1. The molecule has 2 aromatic rings. The second-order valence-electron chi connectivity index (χ2n) is 8.67. The van der Waals surface area contributed by atoms with E-state index in [-0.39, 0.29) is 6.04 Å². The average molecular weight is 443 g/mol. The van der Waals surface area contributed by atoms with Crippen LogP contribution in [-0.4, -0.2) is 13.1 Å². The molecule has 2 unspecified atom stereocenters. The maximum absolute atomic E-state index is 6.53. The maximum Gasteiger partial charge on any atom is 0.0393 e. The summed E-state index contributed by atoms with van der Waals surface area (Å²) in [5.74, 6) is 0.376. The van der Waals surface area contributed by atoms with Gasteiger partial charge in [-0.15, -0.1) is 0 Å². The van der Waals surface area contributed by atoms with Crippen LogP contribution in [0.15, 0.2) is 90.6 Å². The van der Waals surface area contributed by atoms with Gasteiger partial charge in [-0.05, 0) is 67.5 Å². The molecule has 3 N–H and O–H groups in total. The Morgan fingerprint density at radius 2 is 1.79 bits per heavy atom. The van der Waals surface area contributed by atoms with Crippen molar-refractivity contribution in [1.29, 1.82) is 0 Å². The van der Waals surface area contributed by atoms with E-state index in [1.807, 2.05) is 25.3 Å². The highest BCUT2D eigenvalue weighted by atomic mass is 14.9. The normalized spacial score (nSPS) is 14.8. The molecule has 0 bridgehead atoms. The van der Waals surface area contributed by atoms with Crippen LogP contribution in [0, 0.1) is 5.92 Å². The molecule has 2 rings (SSSR count). The highest BCUT2D eigenvalue weighted by Crippen LogP contribution is 2.37. The van der Waals surface area contributed by atoms with E-state index in [1.54, 1.807) is 0 Å². The molecule has 2 atom stereocenters. The fraction of sp³-hybridized carbons (Fsp3) is 0.355. The summed E-state index contributed by atoms with van der Waals surface area (Å²) in [5, 5.41) is 3.53. The van der Waals surface area contributed by atoms with Crippen LogP contribution in [0.3, 0.4) is 0 Å². The molecule has 0 saturated heterocycles. The van der Waals surface area contributed by atoms with Crippen molar-refractivity contribution in [3.05, 3.63) is 107 Å². The molecule has 0 fully saturated rings. The molecule has 0 saturated carbocycles. The van der Waals surface area contributed by atoms with Crippen LogP contribution >= 0.6 is 0 Å². The molecule has 0 aromatic heterocycles. The Hall–Kier alpha value is -2.84. The third kappa shape index (κ3) is 7.07. The van der Waals surface area contributed by atoms with E-state index >= 15 is 0 Å². The van der Waals surface area contributed by atoms with Crippen molar-refractivity contribution in [2.24, 2.45) is 5.92 Å². The summed E-state index contributed by atoms with van der Waals surface area (Å²) in [4.78, 5) is 0. The van der Waals surface area contributed by atoms with E-state index in [0.717, 1.165) is 36.9 Å². The number of allylic oxidation sites excluding steroid dienone is 4. The summed E-state index contributed by atoms with van der Waals surface area (Å²) in [5.41, 5.74) is 15.1. The Morgan fingerprint density at radius 3 is 2.33 bits per heavy atom. The molecular formula is C31H42N2. The first-order valence-electron chi connectivity index (χ1n) is 12.3. The lowest BCUT2D eigenvalue weighted by Gasteiger charge is -2.27. The molecule has 0 aliphatic carbocycles. The number of likely N-dealkylation sites (N-methyl/N-ethyl adjacent to an activating group) is 1. The number of hydrogen-bond acceptors (Lipinski definition) is 2. The first-order chi connectivity index (χ1) is 16.0. The number of aryl methyl sites for hydroxylation is 1. The van der Waals surface area contributed by atoms with Gasteiger partial charge in [-0.1, -0.05) is 106 Å². The van der Waals surface area contributed by atoms with Crippen LogP contribution in [-0.2, 0) is 6.42 Å². The Balaban J connectivity index is 2.65. The smallest absolute Gasteiger partial charge is 0.0393 e. The van der Waals surface area contributed by atoms with E-state index < -0.39 is 0 Å². The zero-order valence-electron chi connectivity index (χ0n) is 21.2. The van der Waals surface area contributed by atoms with Crippen LogP contribution in [0.25, 0.3) is 5.57 Å². The topological polar surface area (TPSA) is 38.0 Å². The fourth-order valence-corrected chi connectivity index (χ4v) is 4.57. The van der Waals surface area contributed by atoms with E-state index in [9.17, 15) is 0 Å². The quantitative estimate of drug-likeness (QED) is 0.261. The second kappa shape index (κ2) is 13.6. The molecule has 0 amide bonds. The summed E-state index contributed by atoms with van der Waals surface area (Å²) in [7, 11) is 2.04. The Bertz CT molecular complexity index is 976. The predicted octanol–water partition coefficient (Wildman–Crippen LogP) is 7.74. The van der Waals surface area contributed by atoms with Crippen LogP contribution in [0.1, 0.15) is 63.6 Å². The monoisotopic (exact) mass is 442 g/mol. The van der Waals surface area contributed by atoms with Crippen LogP contribution < -0.4 is 11.1 Å². The number of nitrogens with two attached hydrogens (primary N) is 1. The lowest BCUT2D eigenvalue weighted by atomic mass is 9.81. The van der Waals surface area contributed by atoms with Crippen LogP contribution in [0.5, 0.6) is 0 Å². The highest BCUT2D eigenvalue weighted by Gasteiger charge is 2.22. The predicted molar refractivity (Wildman–Crippen MR) is 147 cm³/mol. The molecule has 2 heteroatoms. The van der Waals surface area contributed by atoms with Crippen molar-refractivity contribution in [2.45, 2.75) is 59.4 Å². The molecule has 0 spiro atoms. The van der Waals surface area contributed by atoms with Gasteiger partial charge >= 0.3 is 0 Å². The van der Waals surface area contributed by atoms with E-state index in [2.05, 4.69) is 94.2 Å². The average Bonchev–Trinajstić information content (AvgIpc) is 2.83. The van der Waals surface area contributed by atoms with Gasteiger partial charge in [0.15, 0.2) is 0 Å². The largest absolute Gasteiger partial charge is 0.398 e. The van der Waals surface area contributed by atoms with E-state index in [0.29, 0.717) is 5.92 Å². The fourth-order valence-electron chi connectivity index (χ4n) is 4.57. The van der Waals surface area contributed by atoms with Crippen molar-refractivity contribution in [2.75, 3.05) is 12.8 Å². The van der Waals surface area contributed by atoms with Gasteiger partial charge in [0.25, 0.3) is 0 Å². The first-order valence-corrected chi connectivity index (χ1v) is 12.3. The molecule has 0 aliphatic heterocycles. The summed E-state index contributed by atoms with van der Waals surface area (Å²) in [6.07, 6.45) is 12.4. The lowest BCUT2D eigenvalue weighted by Crippen LogP contribution is -2.29. The van der Waals surface area contributed by atoms with E-state index in [4.69, 9.17) is 5.73 Å². The minimum atomic E-state index is 0.248. The third-order valence-electron chi connectivity index (χ3n) is 6.33. The second-order valence-corrected chi connectivity index (χ2v) is 8.67. The number of nitrogens with one attached hydrogen (secondary N) is 1. The molecular weight excluding hydrogens is 400 g/mol. The molecule has 0 heterocycles. The Morgan fingerprint density at radius 1 is 1.09 bits per heavy atom. The minimum Gasteiger partial charge on any atom is -0.398 e. The van der Waals surface area contributed by atoms with Crippen LogP contribution in [0.4, 0.5) is 5.69 Å². The van der Waals surface area contributed by atoms with Crippen molar-refractivity contribution in [3.8, 4) is 0 Å². The summed E-state index contributed by atoms with van der Waals surface area (Å²) >= 11 is 0. The minimum absolute atomic E-state index is 0.248. The zero-order chi connectivity index (χ0) is 24.2. The van der Waals surface area contributed by atoms with Gasteiger partial charge in [-0.2, -0.15) is 0 Å². The van der Waals surface area contributed by atoms with Gasteiger partial charge in [-0.25, -0.2) is 0 Å².